The van der Waals surface area contributed by atoms with E-state index in [1.807, 2.05) is 0 Å². The number of carbonyl (C=O) groups excluding carboxylic acids is 1. The van der Waals surface area contributed by atoms with Gasteiger partial charge in [-0.25, -0.2) is 4.98 Å². The van der Waals surface area contributed by atoms with Gasteiger partial charge in [0.2, 0.25) is 11.7 Å². The van der Waals surface area contributed by atoms with Gasteiger partial charge < -0.3 is 19.7 Å². The van der Waals surface area contributed by atoms with Gasteiger partial charge in [0, 0.05) is 19.3 Å². The lowest BCUT2D eigenvalue weighted by Gasteiger charge is -2.09. The zero-order valence-corrected chi connectivity index (χ0v) is 17.8. The van der Waals surface area contributed by atoms with Crippen LogP contribution in [0.25, 0.3) is 22.8 Å². The fraction of sp³-hybridized carbons (Fsp3) is 0.190. The maximum Gasteiger partial charge on any atom is 0.417 e. The maximum atomic E-state index is 12.7. The van der Waals surface area contributed by atoms with E-state index in [0.29, 0.717) is 23.0 Å². The van der Waals surface area contributed by atoms with Gasteiger partial charge in [-0.2, -0.15) is 23.3 Å². The number of aryl methyl sites for hydroxylation is 1. The summed E-state index contributed by atoms with van der Waals surface area (Å²) in [5.74, 6) is -0.223. The Morgan fingerprint density at radius 3 is 2.62 bits per heavy atom. The number of halogens is 3. The first kappa shape index (κ1) is 22.8. The molecule has 0 saturated carbocycles. The molecular weight excluding hydrogens is 457 g/mol. The predicted octanol–water partition coefficient (Wildman–Crippen LogP) is 3.24. The van der Waals surface area contributed by atoms with Crippen molar-refractivity contribution < 1.29 is 32.0 Å². The van der Waals surface area contributed by atoms with E-state index < -0.39 is 17.6 Å². The molecule has 13 heteroatoms. The molecule has 3 aromatic heterocycles. The molecule has 0 aliphatic rings. The van der Waals surface area contributed by atoms with Crippen LogP contribution in [0.2, 0.25) is 0 Å². The van der Waals surface area contributed by atoms with Crippen molar-refractivity contribution in [2.45, 2.75) is 12.8 Å². The summed E-state index contributed by atoms with van der Waals surface area (Å²) < 4.78 is 55.9. The number of hydrogen-bond donors (Lipinski definition) is 1. The second-order valence-corrected chi connectivity index (χ2v) is 6.97. The van der Waals surface area contributed by atoms with Gasteiger partial charge in [-0.15, -0.1) is 0 Å². The van der Waals surface area contributed by atoms with Gasteiger partial charge in [0.1, 0.15) is 12.4 Å². The van der Waals surface area contributed by atoms with Gasteiger partial charge >= 0.3 is 6.18 Å². The monoisotopic (exact) mass is 474 g/mol. The Morgan fingerprint density at radius 1 is 1.18 bits per heavy atom. The minimum atomic E-state index is -4.49. The molecule has 3 heterocycles. The molecule has 0 atom stereocenters. The molecule has 0 unspecified atom stereocenters. The highest BCUT2D eigenvalue weighted by Crippen LogP contribution is 2.33. The third-order valence-electron chi connectivity index (χ3n) is 4.86. The average Bonchev–Trinajstić information content (AvgIpc) is 3.43. The molecule has 0 bridgehead atoms. The summed E-state index contributed by atoms with van der Waals surface area (Å²) in [6.07, 6.45) is -2.32. The van der Waals surface area contributed by atoms with Crippen molar-refractivity contribution in [2.24, 2.45) is 12.8 Å². The SMILES string of the molecule is COc1c(C(N)=O)cccc1-c1noc(-c2cnn(C)c2COc2ccc(C(F)(F)F)cn2)n1. The van der Waals surface area contributed by atoms with Gasteiger partial charge in [0.25, 0.3) is 11.8 Å². The van der Waals surface area contributed by atoms with Crippen molar-refractivity contribution in [3.8, 4) is 34.5 Å². The van der Waals surface area contributed by atoms with E-state index in [1.54, 1.807) is 19.2 Å². The Balaban J connectivity index is 1.59. The van der Waals surface area contributed by atoms with Crippen LogP contribution in [0.3, 0.4) is 0 Å². The number of pyridine rings is 1. The Morgan fingerprint density at radius 2 is 1.97 bits per heavy atom. The highest BCUT2D eigenvalue weighted by atomic mass is 19.4. The highest BCUT2D eigenvalue weighted by molar-refractivity contribution is 5.97. The van der Waals surface area contributed by atoms with Crippen molar-refractivity contribution in [1.29, 1.82) is 0 Å². The number of methoxy groups -OCH3 is 1. The largest absolute Gasteiger partial charge is 0.495 e. The number of amides is 1. The van der Waals surface area contributed by atoms with E-state index >= 15 is 0 Å². The Labute approximate surface area is 190 Å². The first-order chi connectivity index (χ1) is 16.2. The lowest BCUT2D eigenvalue weighted by Crippen LogP contribution is -2.12. The Bertz CT molecular complexity index is 1330. The van der Waals surface area contributed by atoms with Crippen LogP contribution < -0.4 is 15.2 Å². The fourth-order valence-corrected chi connectivity index (χ4v) is 3.16. The molecular formula is C21H17F3N6O4. The fourth-order valence-electron chi connectivity index (χ4n) is 3.16. The van der Waals surface area contributed by atoms with E-state index in [1.165, 1.54) is 24.1 Å². The topological polar surface area (TPSA) is 131 Å². The quantitative estimate of drug-likeness (QED) is 0.432. The van der Waals surface area contributed by atoms with E-state index in [0.717, 1.165) is 12.1 Å². The average molecular weight is 474 g/mol. The van der Waals surface area contributed by atoms with Crippen molar-refractivity contribution >= 4 is 5.91 Å². The number of primary amides is 1. The lowest BCUT2D eigenvalue weighted by atomic mass is 10.1. The molecule has 1 aromatic carbocycles. The zero-order chi connectivity index (χ0) is 24.5. The molecule has 4 rings (SSSR count). The van der Waals surface area contributed by atoms with E-state index in [-0.39, 0.29) is 35.5 Å². The number of ether oxygens (including phenoxy) is 2. The van der Waals surface area contributed by atoms with Crippen LogP contribution in [0.15, 0.2) is 47.2 Å². The molecule has 2 N–H and O–H groups in total. The van der Waals surface area contributed by atoms with Crippen molar-refractivity contribution in [2.75, 3.05) is 7.11 Å². The summed E-state index contributed by atoms with van der Waals surface area (Å²) in [6, 6.07) is 6.77. The van der Waals surface area contributed by atoms with Crippen LogP contribution in [0.4, 0.5) is 13.2 Å². The lowest BCUT2D eigenvalue weighted by molar-refractivity contribution is -0.137. The number of rotatable bonds is 7. The first-order valence-electron chi connectivity index (χ1n) is 9.67. The molecule has 1 amide bonds. The number of para-hydroxylation sites is 1. The molecule has 4 aromatic rings. The normalized spacial score (nSPS) is 11.4. The molecule has 0 fully saturated rings. The highest BCUT2D eigenvalue weighted by Gasteiger charge is 2.30. The number of aromatic nitrogens is 5. The molecule has 176 valence electrons. The molecule has 0 spiro atoms. The van der Waals surface area contributed by atoms with Crippen LogP contribution in [0.5, 0.6) is 11.6 Å². The van der Waals surface area contributed by atoms with E-state index in [9.17, 15) is 18.0 Å². The van der Waals surface area contributed by atoms with Gasteiger partial charge in [-0.3, -0.25) is 9.48 Å². The van der Waals surface area contributed by atoms with E-state index in [4.69, 9.17) is 19.7 Å². The second-order valence-electron chi connectivity index (χ2n) is 6.97. The molecule has 0 radical (unpaired) electrons. The zero-order valence-electron chi connectivity index (χ0n) is 17.8. The molecule has 0 saturated heterocycles. The number of carbonyl (C=O) groups is 1. The number of hydrogen-bond acceptors (Lipinski definition) is 8. The van der Waals surface area contributed by atoms with Crippen LogP contribution in [-0.2, 0) is 19.8 Å². The van der Waals surface area contributed by atoms with Gasteiger partial charge in [0.15, 0.2) is 0 Å². The maximum absolute atomic E-state index is 12.7. The van der Waals surface area contributed by atoms with Crippen molar-refractivity contribution in [1.82, 2.24) is 24.9 Å². The summed E-state index contributed by atoms with van der Waals surface area (Å²) in [5, 5.41) is 8.12. The second kappa shape index (κ2) is 8.84. The molecule has 0 aliphatic heterocycles. The van der Waals surface area contributed by atoms with Crippen molar-refractivity contribution in [3.05, 3.63) is 59.5 Å². The number of nitrogens with zero attached hydrogens (tertiary/aromatic N) is 5. The standard InChI is InChI=1S/C21H17F3N6O4/c1-30-15(10-33-16-7-6-11(8-26-16)21(22,23)24)14(9-27-30)20-28-19(29-34-20)13-5-3-4-12(18(25)31)17(13)32-2/h3-9H,10H2,1-2H3,(H2,25,31). The van der Waals surface area contributed by atoms with Crippen LogP contribution in [-0.4, -0.2) is 37.9 Å². The van der Waals surface area contributed by atoms with Crippen LogP contribution >= 0.6 is 0 Å². The summed E-state index contributed by atoms with van der Waals surface area (Å²) in [7, 11) is 3.04. The molecule has 0 aliphatic carbocycles. The summed E-state index contributed by atoms with van der Waals surface area (Å²) in [4.78, 5) is 19.7. The van der Waals surface area contributed by atoms with Gasteiger partial charge in [-0.05, 0) is 18.2 Å². The number of benzene rings is 1. The minimum Gasteiger partial charge on any atom is -0.495 e. The first-order valence-corrected chi connectivity index (χ1v) is 9.67. The van der Waals surface area contributed by atoms with Crippen LogP contribution in [0.1, 0.15) is 21.6 Å². The van der Waals surface area contributed by atoms with Gasteiger partial charge in [-0.1, -0.05) is 11.2 Å². The Hall–Kier alpha value is -4.42. The number of alkyl halides is 3. The summed E-state index contributed by atoms with van der Waals surface area (Å²) in [6.45, 7) is -0.0810. The van der Waals surface area contributed by atoms with Crippen LogP contribution in [0, 0.1) is 0 Å². The van der Waals surface area contributed by atoms with Gasteiger partial charge in [0.05, 0.1) is 41.3 Å². The minimum absolute atomic E-state index is 0.000582. The third-order valence-corrected chi connectivity index (χ3v) is 4.86. The third kappa shape index (κ3) is 4.40. The molecule has 10 nitrogen and oxygen atoms in total. The summed E-state index contributed by atoms with van der Waals surface area (Å²) in [5.41, 5.74) is 6.02. The summed E-state index contributed by atoms with van der Waals surface area (Å²) >= 11 is 0. The number of nitrogens with two attached hydrogens (primary N) is 1. The molecule has 34 heavy (non-hydrogen) atoms. The smallest absolute Gasteiger partial charge is 0.417 e. The van der Waals surface area contributed by atoms with E-state index in [2.05, 4.69) is 20.2 Å². The Kier molecular flexibility index (Phi) is 5.92. The van der Waals surface area contributed by atoms with Crippen molar-refractivity contribution in [3.63, 3.8) is 0 Å². The predicted molar refractivity (Wildman–Crippen MR) is 111 cm³/mol.